The van der Waals surface area contributed by atoms with Crippen molar-refractivity contribution in [1.29, 1.82) is 0 Å². The molecule has 10 heteroatoms. The molecule has 0 spiro atoms. The van der Waals surface area contributed by atoms with Crippen molar-refractivity contribution in [2.45, 2.75) is 12.6 Å². The zero-order chi connectivity index (χ0) is 22.7. The zero-order valence-electron chi connectivity index (χ0n) is 17.1. The van der Waals surface area contributed by atoms with E-state index in [9.17, 15) is 18.0 Å². The maximum atomic E-state index is 13.0. The van der Waals surface area contributed by atoms with E-state index in [0.717, 1.165) is 51.4 Å². The van der Waals surface area contributed by atoms with Crippen molar-refractivity contribution in [2.24, 2.45) is 0 Å². The summed E-state index contributed by atoms with van der Waals surface area (Å²) in [5.41, 5.74) is -0.430. The van der Waals surface area contributed by atoms with Gasteiger partial charge in [-0.25, -0.2) is 0 Å². The van der Waals surface area contributed by atoms with E-state index in [1.165, 1.54) is 17.8 Å². The minimum atomic E-state index is -4.43. The van der Waals surface area contributed by atoms with Crippen molar-refractivity contribution in [3.8, 4) is 11.3 Å². The summed E-state index contributed by atoms with van der Waals surface area (Å²) < 4.78 is 50.4. The molecule has 0 bridgehead atoms. The predicted octanol–water partition coefficient (Wildman–Crippen LogP) is 4.89. The number of carbonyl (C=O) groups excluding carboxylic acids is 1. The first-order valence-electron chi connectivity index (χ1n) is 10.1. The molecule has 1 amide bonds. The van der Waals surface area contributed by atoms with Crippen LogP contribution in [0.2, 0.25) is 0 Å². The molecular weight excluding hydrogens is 461 g/mol. The molecule has 2 saturated heterocycles. The number of thiocarbonyl (C=S) groups is 1. The largest absolute Gasteiger partial charge is 0.457 e. The van der Waals surface area contributed by atoms with Crippen molar-refractivity contribution < 1.29 is 27.1 Å². The fourth-order valence-corrected chi connectivity index (χ4v) is 4.82. The van der Waals surface area contributed by atoms with Crippen LogP contribution in [0.15, 0.2) is 45.7 Å². The molecule has 0 saturated carbocycles. The van der Waals surface area contributed by atoms with Gasteiger partial charge in [-0.1, -0.05) is 36.1 Å². The average Bonchev–Trinajstić information content (AvgIpc) is 3.34. The molecule has 170 valence electrons. The number of thioether (sulfide) groups is 1. The van der Waals surface area contributed by atoms with Crippen molar-refractivity contribution in [1.82, 2.24) is 9.80 Å². The van der Waals surface area contributed by atoms with E-state index in [0.29, 0.717) is 32.9 Å². The first kappa shape index (κ1) is 23.0. The molecule has 0 aliphatic carbocycles. The molecule has 0 radical (unpaired) electrons. The Kier molecular flexibility index (Phi) is 7.04. The summed E-state index contributed by atoms with van der Waals surface area (Å²) in [6.45, 7) is 4.66. The number of carbonyl (C=O) groups is 1. The van der Waals surface area contributed by atoms with Crippen LogP contribution in [-0.4, -0.2) is 59.4 Å². The van der Waals surface area contributed by atoms with Gasteiger partial charge in [0.15, 0.2) is 0 Å². The minimum Gasteiger partial charge on any atom is -0.457 e. The highest BCUT2D eigenvalue weighted by molar-refractivity contribution is 8.26. The lowest BCUT2D eigenvalue weighted by molar-refractivity contribution is -0.137. The van der Waals surface area contributed by atoms with Gasteiger partial charge in [0.25, 0.3) is 5.91 Å². The Balaban J connectivity index is 1.41. The molecule has 5 nitrogen and oxygen atoms in total. The van der Waals surface area contributed by atoms with Crippen LogP contribution in [0.25, 0.3) is 17.4 Å². The van der Waals surface area contributed by atoms with E-state index in [1.54, 1.807) is 29.2 Å². The van der Waals surface area contributed by atoms with Gasteiger partial charge in [-0.2, -0.15) is 13.2 Å². The third-order valence-corrected chi connectivity index (χ3v) is 6.59. The number of furan rings is 1. The normalized spacial score (nSPS) is 19.3. The summed E-state index contributed by atoms with van der Waals surface area (Å²) >= 11 is 6.57. The molecule has 2 aliphatic heterocycles. The topological polar surface area (TPSA) is 45.9 Å². The molecular formula is C22H21F3N2O3S2. The maximum absolute atomic E-state index is 13.0. The average molecular weight is 483 g/mol. The van der Waals surface area contributed by atoms with Crippen molar-refractivity contribution in [2.75, 3.05) is 39.4 Å². The lowest BCUT2D eigenvalue weighted by Gasteiger charge is -2.27. The van der Waals surface area contributed by atoms with Gasteiger partial charge in [-0.3, -0.25) is 14.6 Å². The molecule has 1 aromatic heterocycles. The third kappa shape index (κ3) is 5.43. The summed E-state index contributed by atoms with van der Waals surface area (Å²) in [6.07, 6.45) is -2.04. The number of amides is 1. The van der Waals surface area contributed by atoms with E-state index < -0.39 is 11.7 Å². The van der Waals surface area contributed by atoms with Gasteiger partial charge in [-0.05, 0) is 30.7 Å². The van der Waals surface area contributed by atoms with Crippen LogP contribution in [-0.2, 0) is 15.7 Å². The predicted molar refractivity (Wildman–Crippen MR) is 121 cm³/mol. The van der Waals surface area contributed by atoms with Crippen LogP contribution in [0.3, 0.4) is 0 Å². The Morgan fingerprint density at radius 2 is 1.91 bits per heavy atom. The number of hydrogen-bond donors (Lipinski definition) is 0. The second-order valence-corrected chi connectivity index (χ2v) is 9.10. The molecule has 2 aromatic rings. The van der Waals surface area contributed by atoms with Crippen LogP contribution in [0.5, 0.6) is 0 Å². The molecule has 32 heavy (non-hydrogen) atoms. The molecule has 0 unspecified atom stereocenters. The molecule has 3 heterocycles. The van der Waals surface area contributed by atoms with E-state index in [4.69, 9.17) is 21.4 Å². The smallest absolute Gasteiger partial charge is 0.416 e. The van der Waals surface area contributed by atoms with E-state index in [2.05, 4.69) is 4.90 Å². The molecule has 0 N–H and O–H groups in total. The summed E-state index contributed by atoms with van der Waals surface area (Å²) in [7, 11) is 0. The summed E-state index contributed by atoms with van der Waals surface area (Å²) in [6, 6.07) is 8.15. The molecule has 0 atom stereocenters. The summed E-state index contributed by atoms with van der Waals surface area (Å²) in [5, 5.41) is 0. The molecule has 4 rings (SSSR count). The monoisotopic (exact) mass is 482 g/mol. The fraction of sp³-hybridized carbons (Fsp3) is 0.364. The van der Waals surface area contributed by atoms with Crippen molar-refractivity contribution >= 4 is 40.3 Å². The Bertz CT molecular complexity index is 1030. The zero-order valence-corrected chi connectivity index (χ0v) is 18.7. The van der Waals surface area contributed by atoms with Gasteiger partial charge in [0, 0.05) is 37.8 Å². The molecule has 2 aliphatic rings. The van der Waals surface area contributed by atoms with Gasteiger partial charge >= 0.3 is 6.18 Å². The Morgan fingerprint density at radius 3 is 2.66 bits per heavy atom. The lowest BCUT2D eigenvalue weighted by atomic mass is 10.1. The minimum absolute atomic E-state index is 0.181. The fourth-order valence-electron chi connectivity index (χ4n) is 3.53. The van der Waals surface area contributed by atoms with E-state index in [1.807, 2.05) is 0 Å². The van der Waals surface area contributed by atoms with Gasteiger partial charge in [0.05, 0.1) is 23.7 Å². The van der Waals surface area contributed by atoms with Crippen LogP contribution in [0.4, 0.5) is 13.2 Å². The Hall–Kier alpha value is -2.14. The second-order valence-electron chi connectivity index (χ2n) is 7.42. The maximum Gasteiger partial charge on any atom is 0.416 e. The number of benzene rings is 1. The third-order valence-electron chi connectivity index (χ3n) is 5.21. The highest BCUT2D eigenvalue weighted by Crippen LogP contribution is 2.35. The lowest BCUT2D eigenvalue weighted by Crippen LogP contribution is -2.38. The molecule has 1 aromatic carbocycles. The Morgan fingerprint density at radius 1 is 1.12 bits per heavy atom. The SMILES string of the molecule is O=C1/C(=C/c2ccc(-c3cccc(C(F)(F)F)c3)o2)SC(=S)N1CCCN1CCOCC1. The number of alkyl halides is 3. The standard InChI is InChI=1S/C22H21F3N2O3S2/c23-22(24,25)16-4-1-3-15(13-16)18-6-5-17(30-18)14-19-20(28)27(21(31)32-19)8-2-7-26-9-11-29-12-10-26/h1,3-6,13-14H,2,7-12H2/b19-14-. The summed E-state index contributed by atoms with van der Waals surface area (Å²) in [5.74, 6) is 0.494. The number of halogens is 3. The first-order valence-corrected chi connectivity index (χ1v) is 11.4. The summed E-state index contributed by atoms with van der Waals surface area (Å²) in [4.78, 5) is 17.1. The van der Waals surface area contributed by atoms with Gasteiger partial charge < -0.3 is 9.15 Å². The van der Waals surface area contributed by atoms with Crippen molar-refractivity contribution in [3.05, 3.63) is 52.6 Å². The first-order chi connectivity index (χ1) is 15.3. The van der Waals surface area contributed by atoms with E-state index in [-0.39, 0.29) is 5.91 Å². The van der Waals surface area contributed by atoms with Gasteiger partial charge in [0.2, 0.25) is 0 Å². The van der Waals surface area contributed by atoms with Crippen LogP contribution < -0.4 is 0 Å². The number of nitrogens with zero attached hydrogens (tertiary/aromatic N) is 2. The number of morpholine rings is 1. The second kappa shape index (κ2) is 9.78. The highest BCUT2D eigenvalue weighted by atomic mass is 32.2. The quantitative estimate of drug-likeness (QED) is 0.432. The Labute approximate surface area is 193 Å². The van der Waals surface area contributed by atoms with Gasteiger partial charge in [0.1, 0.15) is 15.8 Å². The van der Waals surface area contributed by atoms with E-state index >= 15 is 0 Å². The van der Waals surface area contributed by atoms with Crippen LogP contribution in [0, 0.1) is 0 Å². The van der Waals surface area contributed by atoms with Crippen LogP contribution in [0.1, 0.15) is 17.7 Å². The number of ether oxygens (including phenoxy) is 1. The van der Waals surface area contributed by atoms with Crippen molar-refractivity contribution in [3.63, 3.8) is 0 Å². The highest BCUT2D eigenvalue weighted by Gasteiger charge is 2.32. The number of hydrogen-bond acceptors (Lipinski definition) is 6. The van der Waals surface area contributed by atoms with Crippen LogP contribution >= 0.6 is 24.0 Å². The molecule has 2 fully saturated rings. The number of rotatable bonds is 6. The van der Waals surface area contributed by atoms with Gasteiger partial charge in [-0.15, -0.1) is 0 Å².